The van der Waals surface area contributed by atoms with Crippen molar-refractivity contribution >= 4 is 40.7 Å². The lowest BCUT2D eigenvalue weighted by molar-refractivity contribution is -0.179. The molecule has 25 heavy (non-hydrogen) atoms. The van der Waals surface area contributed by atoms with Gasteiger partial charge in [-0.1, -0.05) is 19.1 Å². The molecule has 8 heteroatoms. The normalized spacial score (nSPS) is 34.2. The molecule has 0 radical (unpaired) electrons. The molecule has 1 fully saturated rings. The molecule has 1 aliphatic carbocycles. The van der Waals surface area contributed by atoms with E-state index in [1.165, 1.54) is 6.92 Å². The summed E-state index contributed by atoms with van der Waals surface area (Å²) in [5, 5.41) is 11.2. The SMILES string of the molecule is COC(=O)[C@H]1C(=O)[C@@H](C)[C@@H]2Oc3ccccc3C(=O)[C@H]2[C@]1(O)C(Cl)Cl. The standard InChI is InChI=1S/C17H16Cl2O6/c1-7-12(20)11(15(22)24-2)17(23,16(18)19)10-13(21)8-5-3-4-6-9(8)25-14(7)10/h3-7,10-11,14,16,23H,1-2H3/t7-,10-,11-,14+,17-/m1/s1. The number of halogens is 2. The van der Waals surface area contributed by atoms with Gasteiger partial charge < -0.3 is 14.6 Å². The third kappa shape index (κ3) is 2.46. The first-order chi connectivity index (χ1) is 11.7. The second-order valence-corrected chi connectivity index (χ2v) is 7.35. The fourth-order valence-electron chi connectivity index (χ4n) is 3.68. The van der Waals surface area contributed by atoms with Gasteiger partial charge in [-0.05, 0) is 12.1 Å². The van der Waals surface area contributed by atoms with Gasteiger partial charge in [-0.3, -0.25) is 14.4 Å². The van der Waals surface area contributed by atoms with Gasteiger partial charge in [0.1, 0.15) is 28.2 Å². The molecule has 1 saturated carbocycles. The minimum absolute atomic E-state index is 0.237. The molecule has 0 unspecified atom stereocenters. The second kappa shape index (κ2) is 6.27. The number of carbonyl (C=O) groups is 3. The molecule has 134 valence electrons. The third-order valence-corrected chi connectivity index (χ3v) is 5.70. The van der Waals surface area contributed by atoms with E-state index in [0.29, 0.717) is 5.75 Å². The molecule has 1 aromatic carbocycles. The first-order valence-electron chi connectivity index (χ1n) is 7.67. The molecule has 2 aliphatic rings. The largest absolute Gasteiger partial charge is 0.488 e. The fourth-order valence-corrected chi connectivity index (χ4v) is 4.21. The van der Waals surface area contributed by atoms with E-state index in [2.05, 4.69) is 4.74 Å². The maximum Gasteiger partial charge on any atom is 0.319 e. The van der Waals surface area contributed by atoms with Crippen molar-refractivity contribution in [1.29, 1.82) is 0 Å². The van der Waals surface area contributed by atoms with E-state index in [1.54, 1.807) is 24.3 Å². The number of fused-ring (bicyclic) bond motifs is 2. The van der Waals surface area contributed by atoms with Crippen molar-refractivity contribution in [3.05, 3.63) is 29.8 Å². The lowest BCUT2D eigenvalue weighted by Crippen LogP contribution is -2.69. The maximum atomic E-state index is 13.1. The molecule has 0 spiro atoms. The van der Waals surface area contributed by atoms with E-state index in [4.69, 9.17) is 27.9 Å². The van der Waals surface area contributed by atoms with Gasteiger partial charge in [-0.2, -0.15) is 0 Å². The number of alkyl halides is 2. The highest BCUT2D eigenvalue weighted by molar-refractivity contribution is 6.45. The molecule has 1 aromatic rings. The summed E-state index contributed by atoms with van der Waals surface area (Å²) in [5.74, 6) is -5.57. The van der Waals surface area contributed by atoms with Crippen molar-refractivity contribution in [2.75, 3.05) is 7.11 Å². The lowest BCUT2D eigenvalue weighted by atomic mass is 9.60. The highest BCUT2D eigenvalue weighted by Crippen LogP contribution is 2.50. The topological polar surface area (TPSA) is 89.9 Å². The summed E-state index contributed by atoms with van der Waals surface area (Å²) in [7, 11) is 1.08. The van der Waals surface area contributed by atoms with Gasteiger partial charge in [0.15, 0.2) is 11.6 Å². The van der Waals surface area contributed by atoms with Crippen LogP contribution in [-0.2, 0) is 14.3 Å². The molecule has 3 rings (SSSR count). The van der Waals surface area contributed by atoms with Gasteiger partial charge in [0.25, 0.3) is 0 Å². The number of methoxy groups -OCH3 is 1. The number of hydrogen-bond acceptors (Lipinski definition) is 6. The van der Waals surface area contributed by atoms with Crippen LogP contribution in [0.25, 0.3) is 0 Å². The number of aliphatic hydroxyl groups is 1. The second-order valence-electron chi connectivity index (χ2n) is 6.26. The van der Waals surface area contributed by atoms with Crippen LogP contribution in [-0.4, -0.2) is 46.3 Å². The van der Waals surface area contributed by atoms with Gasteiger partial charge >= 0.3 is 5.97 Å². The Morgan fingerprint density at radius 1 is 1.32 bits per heavy atom. The molecule has 0 aromatic heterocycles. The predicted octanol–water partition coefficient (Wildman–Crippen LogP) is 1.79. The van der Waals surface area contributed by atoms with Gasteiger partial charge in [0, 0.05) is 0 Å². The zero-order valence-corrected chi connectivity index (χ0v) is 15.0. The van der Waals surface area contributed by atoms with E-state index in [-0.39, 0.29) is 5.56 Å². The van der Waals surface area contributed by atoms with Crippen molar-refractivity contribution in [3.63, 3.8) is 0 Å². The number of para-hydroxylation sites is 1. The van der Waals surface area contributed by atoms with E-state index in [0.717, 1.165) is 7.11 Å². The molecule has 0 amide bonds. The summed E-state index contributed by atoms with van der Waals surface area (Å²) in [6.07, 6.45) is -0.985. The average Bonchev–Trinajstić information content (AvgIpc) is 2.59. The Balaban J connectivity index is 2.21. The number of carbonyl (C=O) groups excluding carboxylic acids is 3. The van der Waals surface area contributed by atoms with E-state index < -0.39 is 51.8 Å². The summed E-state index contributed by atoms with van der Waals surface area (Å²) >= 11 is 11.9. The number of ketones is 2. The minimum atomic E-state index is -2.34. The molecule has 1 heterocycles. The van der Waals surface area contributed by atoms with Crippen molar-refractivity contribution in [1.82, 2.24) is 0 Å². The number of ether oxygens (including phenoxy) is 2. The summed E-state index contributed by atoms with van der Waals surface area (Å²) in [6, 6.07) is 6.48. The van der Waals surface area contributed by atoms with Crippen LogP contribution in [0.4, 0.5) is 0 Å². The van der Waals surface area contributed by atoms with Crippen LogP contribution >= 0.6 is 23.2 Å². The fraction of sp³-hybridized carbons (Fsp3) is 0.471. The Morgan fingerprint density at radius 3 is 2.56 bits per heavy atom. The van der Waals surface area contributed by atoms with Gasteiger partial charge in [0.05, 0.1) is 24.5 Å². The molecule has 5 atom stereocenters. The zero-order valence-electron chi connectivity index (χ0n) is 13.4. The first-order valence-corrected chi connectivity index (χ1v) is 8.54. The van der Waals surface area contributed by atoms with E-state index >= 15 is 0 Å². The van der Waals surface area contributed by atoms with Gasteiger partial charge in [0.2, 0.25) is 0 Å². The third-order valence-electron chi connectivity index (χ3n) is 5.00. The maximum absolute atomic E-state index is 13.1. The monoisotopic (exact) mass is 386 g/mol. The number of hydrogen-bond donors (Lipinski definition) is 1. The number of Topliss-reactive ketones (excluding diaryl/α,β-unsaturated/α-hetero) is 2. The van der Waals surface area contributed by atoms with Crippen LogP contribution in [0.1, 0.15) is 17.3 Å². The molecule has 0 saturated heterocycles. The first kappa shape index (κ1) is 18.2. The van der Waals surface area contributed by atoms with Crippen molar-refractivity contribution < 1.29 is 29.0 Å². The molecule has 6 nitrogen and oxygen atoms in total. The Labute approximate surface area is 154 Å². The van der Waals surface area contributed by atoms with Crippen LogP contribution in [0.5, 0.6) is 5.75 Å². The molecular weight excluding hydrogens is 371 g/mol. The summed E-state index contributed by atoms with van der Waals surface area (Å²) in [6.45, 7) is 1.54. The highest BCUT2D eigenvalue weighted by atomic mass is 35.5. The van der Waals surface area contributed by atoms with Gasteiger partial charge in [-0.25, -0.2) is 0 Å². The Hall–Kier alpha value is -1.63. The molecule has 1 aliphatic heterocycles. The lowest BCUT2D eigenvalue weighted by Gasteiger charge is -2.50. The number of rotatable bonds is 2. The predicted molar refractivity (Wildman–Crippen MR) is 88.8 cm³/mol. The molecule has 0 bridgehead atoms. The summed E-state index contributed by atoms with van der Waals surface area (Å²) in [4.78, 5) is 36.4. The minimum Gasteiger partial charge on any atom is -0.488 e. The zero-order chi connectivity index (χ0) is 18.5. The summed E-state index contributed by atoms with van der Waals surface area (Å²) in [5.41, 5.74) is -2.10. The van der Waals surface area contributed by atoms with Crippen molar-refractivity contribution in [3.8, 4) is 5.75 Å². The van der Waals surface area contributed by atoms with Crippen molar-refractivity contribution in [2.45, 2.75) is 23.5 Å². The smallest absolute Gasteiger partial charge is 0.319 e. The highest BCUT2D eigenvalue weighted by Gasteiger charge is 2.67. The molecular formula is C17H16Cl2O6. The number of esters is 1. The van der Waals surface area contributed by atoms with Crippen LogP contribution in [0.15, 0.2) is 24.3 Å². The molecule has 1 N–H and O–H groups in total. The average molecular weight is 387 g/mol. The van der Waals surface area contributed by atoms with Crippen LogP contribution in [0.2, 0.25) is 0 Å². The Kier molecular flexibility index (Phi) is 4.56. The summed E-state index contributed by atoms with van der Waals surface area (Å²) < 4.78 is 10.5. The van der Waals surface area contributed by atoms with Crippen molar-refractivity contribution in [2.24, 2.45) is 17.8 Å². The Bertz CT molecular complexity index is 748. The van der Waals surface area contributed by atoms with Gasteiger partial charge in [-0.15, -0.1) is 23.2 Å². The number of benzene rings is 1. The van der Waals surface area contributed by atoms with Crippen LogP contribution < -0.4 is 4.74 Å². The Morgan fingerprint density at radius 2 is 1.96 bits per heavy atom. The quantitative estimate of drug-likeness (QED) is 0.473. The van der Waals surface area contributed by atoms with Crippen LogP contribution in [0, 0.1) is 17.8 Å². The van der Waals surface area contributed by atoms with E-state index in [1.807, 2.05) is 0 Å². The van der Waals surface area contributed by atoms with E-state index in [9.17, 15) is 19.5 Å². The van der Waals surface area contributed by atoms with Crippen LogP contribution in [0.3, 0.4) is 0 Å².